The standard InChI is InChI=1S/C13H14N2O2S/c1-3-17-11-7-5-4-6-10(11)15-13(16)12-9(2)18-8-14-12/h4-8H,3H2,1-2H3,(H,15,16). The Bertz CT molecular complexity index is 551. The van der Waals surface area contributed by atoms with Gasteiger partial charge in [0.05, 0.1) is 17.8 Å². The Labute approximate surface area is 110 Å². The molecule has 2 rings (SSSR count). The molecule has 0 unspecified atom stereocenters. The fraction of sp³-hybridized carbons (Fsp3) is 0.231. The number of hydrogen-bond acceptors (Lipinski definition) is 4. The van der Waals surface area contributed by atoms with Gasteiger partial charge in [0.15, 0.2) is 0 Å². The van der Waals surface area contributed by atoms with Gasteiger partial charge in [0.25, 0.3) is 5.91 Å². The highest BCUT2D eigenvalue weighted by Crippen LogP contribution is 2.24. The summed E-state index contributed by atoms with van der Waals surface area (Å²) in [5.74, 6) is 0.460. The molecule has 0 aliphatic heterocycles. The Balaban J connectivity index is 2.19. The minimum Gasteiger partial charge on any atom is -0.492 e. The lowest BCUT2D eigenvalue weighted by molar-refractivity contribution is 0.102. The number of para-hydroxylation sites is 2. The quantitative estimate of drug-likeness (QED) is 0.921. The molecule has 0 atom stereocenters. The molecule has 0 spiro atoms. The van der Waals surface area contributed by atoms with Crippen LogP contribution in [-0.4, -0.2) is 17.5 Å². The minimum atomic E-state index is -0.207. The van der Waals surface area contributed by atoms with E-state index in [-0.39, 0.29) is 5.91 Å². The Morgan fingerprint density at radius 2 is 2.22 bits per heavy atom. The van der Waals surface area contributed by atoms with Gasteiger partial charge in [0.1, 0.15) is 11.4 Å². The van der Waals surface area contributed by atoms with Crippen LogP contribution in [-0.2, 0) is 0 Å². The molecular weight excluding hydrogens is 248 g/mol. The van der Waals surface area contributed by atoms with Crippen LogP contribution in [0.15, 0.2) is 29.8 Å². The van der Waals surface area contributed by atoms with Gasteiger partial charge in [-0.05, 0) is 26.0 Å². The molecule has 1 N–H and O–H groups in total. The van der Waals surface area contributed by atoms with E-state index >= 15 is 0 Å². The maximum Gasteiger partial charge on any atom is 0.275 e. The zero-order chi connectivity index (χ0) is 13.0. The van der Waals surface area contributed by atoms with Gasteiger partial charge < -0.3 is 10.1 Å². The van der Waals surface area contributed by atoms with Crippen molar-refractivity contribution in [2.24, 2.45) is 0 Å². The third-order valence-corrected chi connectivity index (χ3v) is 3.15. The third kappa shape index (κ3) is 2.68. The normalized spacial score (nSPS) is 10.1. The fourth-order valence-corrected chi connectivity index (χ4v) is 2.13. The van der Waals surface area contributed by atoms with Crippen molar-refractivity contribution in [3.8, 4) is 5.75 Å². The van der Waals surface area contributed by atoms with Crippen molar-refractivity contribution < 1.29 is 9.53 Å². The van der Waals surface area contributed by atoms with Crippen LogP contribution in [0.5, 0.6) is 5.75 Å². The van der Waals surface area contributed by atoms with Crippen molar-refractivity contribution in [3.63, 3.8) is 0 Å². The number of carbonyl (C=O) groups is 1. The molecule has 0 aliphatic rings. The molecule has 18 heavy (non-hydrogen) atoms. The van der Waals surface area contributed by atoms with Crippen molar-refractivity contribution in [3.05, 3.63) is 40.3 Å². The lowest BCUT2D eigenvalue weighted by Crippen LogP contribution is -2.14. The van der Waals surface area contributed by atoms with Gasteiger partial charge >= 0.3 is 0 Å². The topological polar surface area (TPSA) is 51.2 Å². The van der Waals surface area contributed by atoms with Gasteiger partial charge in [-0.3, -0.25) is 4.79 Å². The summed E-state index contributed by atoms with van der Waals surface area (Å²) in [4.78, 5) is 17.0. The monoisotopic (exact) mass is 262 g/mol. The van der Waals surface area contributed by atoms with Crippen LogP contribution in [0.4, 0.5) is 5.69 Å². The number of anilines is 1. The second kappa shape index (κ2) is 5.64. The first-order valence-corrected chi connectivity index (χ1v) is 6.53. The van der Waals surface area contributed by atoms with Crippen LogP contribution in [0.3, 0.4) is 0 Å². The molecule has 5 heteroatoms. The van der Waals surface area contributed by atoms with E-state index in [9.17, 15) is 4.79 Å². The van der Waals surface area contributed by atoms with Crippen molar-refractivity contribution in [1.29, 1.82) is 0 Å². The number of thiazole rings is 1. The maximum atomic E-state index is 12.0. The van der Waals surface area contributed by atoms with Gasteiger partial charge in [0.2, 0.25) is 0 Å². The van der Waals surface area contributed by atoms with Gasteiger partial charge in [-0.2, -0.15) is 0 Å². The minimum absolute atomic E-state index is 0.207. The van der Waals surface area contributed by atoms with Crippen LogP contribution >= 0.6 is 11.3 Å². The van der Waals surface area contributed by atoms with Crippen molar-refractivity contribution in [1.82, 2.24) is 4.98 Å². The average molecular weight is 262 g/mol. The number of amides is 1. The highest BCUT2D eigenvalue weighted by Gasteiger charge is 2.13. The molecule has 0 aliphatic carbocycles. The van der Waals surface area contributed by atoms with Crippen molar-refractivity contribution in [2.75, 3.05) is 11.9 Å². The van der Waals surface area contributed by atoms with E-state index in [0.29, 0.717) is 23.7 Å². The van der Waals surface area contributed by atoms with Crippen LogP contribution in [0, 0.1) is 6.92 Å². The van der Waals surface area contributed by atoms with E-state index in [0.717, 1.165) is 4.88 Å². The number of aryl methyl sites for hydroxylation is 1. The predicted octanol–water partition coefficient (Wildman–Crippen LogP) is 3.10. The summed E-state index contributed by atoms with van der Waals surface area (Å²) in [7, 11) is 0. The van der Waals surface area contributed by atoms with Gasteiger partial charge in [0, 0.05) is 4.88 Å². The van der Waals surface area contributed by atoms with Crippen LogP contribution in [0.2, 0.25) is 0 Å². The van der Waals surface area contributed by atoms with E-state index in [1.165, 1.54) is 11.3 Å². The molecule has 0 radical (unpaired) electrons. The molecule has 0 fully saturated rings. The van der Waals surface area contributed by atoms with E-state index in [1.54, 1.807) is 5.51 Å². The number of hydrogen-bond donors (Lipinski definition) is 1. The number of benzene rings is 1. The number of rotatable bonds is 4. The van der Waals surface area contributed by atoms with Crippen LogP contribution in [0.25, 0.3) is 0 Å². The SMILES string of the molecule is CCOc1ccccc1NC(=O)c1ncsc1C. The Kier molecular flexibility index (Phi) is 3.94. The zero-order valence-corrected chi connectivity index (χ0v) is 11.1. The maximum absolute atomic E-state index is 12.0. The van der Waals surface area contributed by atoms with Gasteiger partial charge in [-0.15, -0.1) is 11.3 Å². The van der Waals surface area contributed by atoms with E-state index in [2.05, 4.69) is 10.3 Å². The number of ether oxygens (including phenoxy) is 1. The van der Waals surface area contributed by atoms with Crippen LogP contribution in [0.1, 0.15) is 22.3 Å². The van der Waals surface area contributed by atoms with Gasteiger partial charge in [-0.25, -0.2) is 4.98 Å². The smallest absolute Gasteiger partial charge is 0.275 e. The summed E-state index contributed by atoms with van der Waals surface area (Å²) < 4.78 is 5.45. The van der Waals surface area contributed by atoms with Crippen molar-refractivity contribution in [2.45, 2.75) is 13.8 Å². The molecule has 0 bridgehead atoms. The number of nitrogens with one attached hydrogen (secondary N) is 1. The average Bonchev–Trinajstić information content (AvgIpc) is 2.78. The number of carbonyl (C=O) groups excluding carboxylic acids is 1. The summed E-state index contributed by atoms with van der Waals surface area (Å²) >= 11 is 1.45. The second-order valence-electron chi connectivity index (χ2n) is 3.64. The molecule has 94 valence electrons. The molecule has 1 aromatic heterocycles. The summed E-state index contributed by atoms with van der Waals surface area (Å²) in [6.07, 6.45) is 0. The third-order valence-electron chi connectivity index (χ3n) is 2.39. The first-order chi connectivity index (χ1) is 8.72. The molecule has 0 saturated heterocycles. The molecule has 4 nitrogen and oxygen atoms in total. The molecular formula is C13H14N2O2S. The molecule has 0 saturated carbocycles. The highest BCUT2D eigenvalue weighted by molar-refractivity contribution is 7.09. The fourth-order valence-electron chi connectivity index (χ4n) is 1.56. The summed E-state index contributed by atoms with van der Waals surface area (Å²) in [5.41, 5.74) is 2.79. The van der Waals surface area contributed by atoms with E-state index < -0.39 is 0 Å². The molecule has 1 aromatic carbocycles. The summed E-state index contributed by atoms with van der Waals surface area (Å²) in [6, 6.07) is 7.36. The molecule has 2 aromatic rings. The largest absolute Gasteiger partial charge is 0.492 e. The lowest BCUT2D eigenvalue weighted by Gasteiger charge is -2.10. The Hall–Kier alpha value is -1.88. The molecule has 1 amide bonds. The van der Waals surface area contributed by atoms with E-state index in [4.69, 9.17) is 4.74 Å². The number of nitrogens with zero attached hydrogens (tertiary/aromatic N) is 1. The predicted molar refractivity (Wildman–Crippen MR) is 72.4 cm³/mol. The van der Waals surface area contributed by atoms with Crippen molar-refractivity contribution >= 4 is 22.9 Å². The Morgan fingerprint density at radius 3 is 2.89 bits per heavy atom. The summed E-state index contributed by atoms with van der Waals surface area (Å²) in [6.45, 7) is 4.34. The van der Waals surface area contributed by atoms with Gasteiger partial charge in [-0.1, -0.05) is 12.1 Å². The zero-order valence-electron chi connectivity index (χ0n) is 10.3. The van der Waals surface area contributed by atoms with E-state index in [1.807, 2.05) is 38.1 Å². The first kappa shape index (κ1) is 12.6. The van der Waals surface area contributed by atoms with Crippen LogP contribution < -0.4 is 10.1 Å². The highest BCUT2D eigenvalue weighted by atomic mass is 32.1. The first-order valence-electron chi connectivity index (χ1n) is 5.65. The molecule has 1 heterocycles. The summed E-state index contributed by atoms with van der Waals surface area (Å²) in [5, 5.41) is 2.82. The lowest BCUT2D eigenvalue weighted by atomic mass is 10.2. The Morgan fingerprint density at radius 1 is 1.44 bits per heavy atom. The number of aromatic nitrogens is 1. The second-order valence-corrected chi connectivity index (χ2v) is 4.70.